The number of benzene rings is 1. The maximum atomic E-state index is 11.8. The van der Waals surface area contributed by atoms with E-state index in [1.165, 1.54) is 6.20 Å². The minimum Gasteiger partial charge on any atom is -0.462 e. The average Bonchev–Trinajstić information content (AvgIpc) is 2.51. The number of esters is 2. The third-order valence-electron chi connectivity index (χ3n) is 2.98. The Labute approximate surface area is 147 Å². The maximum Gasteiger partial charge on any atom is 0.347 e. The predicted octanol–water partition coefficient (Wildman–Crippen LogP) is 2.60. The normalized spacial score (nSPS) is 9.67. The number of hydrogen-bond acceptors (Lipinski definition) is 5. The van der Waals surface area contributed by atoms with Crippen LogP contribution in [0.2, 0.25) is 0 Å². The first-order chi connectivity index (χ1) is 11.4. The molecule has 0 saturated carbocycles. The highest BCUT2D eigenvalue weighted by Crippen LogP contribution is 2.16. The molecule has 0 bridgehead atoms. The van der Waals surface area contributed by atoms with Crippen molar-refractivity contribution in [2.75, 3.05) is 18.5 Å². The zero-order valence-corrected chi connectivity index (χ0v) is 15.1. The summed E-state index contributed by atoms with van der Waals surface area (Å²) in [5, 5.41) is 5.98. The minimum atomic E-state index is -0.766. The molecule has 130 valence electrons. The number of thiocarbonyl (C=S) groups is 1. The number of rotatable bonds is 6. The fourth-order valence-corrected chi connectivity index (χ4v) is 1.95. The minimum absolute atomic E-state index is 0.154. The largest absolute Gasteiger partial charge is 0.462 e. The Kier molecular flexibility index (Phi) is 7.91. The molecular weight excluding hydrogens is 328 g/mol. The van der Waals surface area contributed by atoms with Gasteiger partial charge in [-0.15, -0.1) is 0 Å². The van der Waals surface area contributed by atoms with Crippen molar-refractivity contribution in [3.05, 3.63) is 41.1 Å². The van der Waals surface area contributed by atoms with Crippen LogP contribution in [0.1, 0.15) is 25.0 Å². The summed E-state index contributed by atoms with van der Waals surface area (Å²) >= 11 is 5.19. The second kappa shape index (κ2) is 9.67. The lowest BCUT2D eigenvalue weighted by atomic mass is 10.1. The Morgan fingerprint density at radius 2 is 1.71 bits per heavy atom. The Morgan fingerprint density at radius 3 is 2.25 bits per heavy atom. The second-order valence-electron chi connectivity index (χ2n) is 4.92. The highest BCUT2D eigenvalue weighted by atomic mass is 32.1. The van der Waals surface area contributed by atoms with Crippen molar-refractivity contribution >= 4 is 35.0 Å². The van der Waals surface area contributed by atoms with Crippen LogP contribution in [0.15, 0.2) is 30.0 Å². The van der Waals surface area contributed by atoms with Gasteiger partial charge in [0.15, 0.2) is 10.7 Å². The van der Waals surface area contributed by atoms with Gasteiger partial charge in [0.25, 0.3) is 0 Å². The van der Waals surface area contributed by atoms with Crippen molar-refractivity contribution in [3.8, 4) is 0 Å². The van der Waals surface area contributed by atoms with E-state index in [4.69, 9.17) is 21.7 Å². The molecule has 1 rings (SSSR count). The van der Waals surface area contributed by atoms with Gasteiger partial charge in [-0.25, -0.2) is 9.59 Å². The first-order valence-corrected chi connectivity index (χ1v) is 7.99. The first kappa shape index (κ1) is 19.6. The smallest absolute Gasteiger partial charge is 0.347 e. The molecule has 0 unspecified atom stereocenters. The highest BCUT2D eigenvalue weighted by Gasteiger charge is 2.21. The SMILES string of the molecule is CCOC(=O)C(=CNC(=S)Nc1cc(C)ccc1C)C(=O)OCC. The number of ether oxygens (including phenoxy) is 2. The third-order valence-corrected chi connectivity index (χ3v) is 3.20. The molecule has 2 N–H and O–H groups in total. The summed E-state index contributed by atoms with van der Waals surface area (Å²) in [6.45, 7) is 7.53. The summed E-state index contributed by atoms with van der Waals surface area (Å²) in [4.78, 5) is 23.7. The second-order valence-corrected chi connectivity index (χ2v) is 5.32. The van der Waals surface area contributed by atoms with Crippen LogP contribution in [0.3, 0.4) is 0 Å². The van der Waals surface area contributed by atoms with Crippen LogP contribution in [0.4, 0.5) is 5.69 Å². The van der Waals surface area contributed by atoms with E-state index in [0.29, 0.717) is 0 Å². The Bertz CT molecular complexity index is 636. The summed E-state index contributed by atoms with van der Waals surface area (Å²) in [5.41, 5.74) is 2.70. The summed E-state index contributed by atoms with van der Waals surface area (Å²) in [6, 6.07) is 5.92. The maximum absolute atomic E-state index is 11.8. The van der Waals surface area contributed by atoms with Gasteiger partial charge in [0.05, 0.1) is 13.2 Å². The van der Waals surface area contributed by atoms with Crippen LogP contribution in [0.25, 0.3) is 0 Å². The molecular formula is C17H22N2O4S. The lowest BCUT2D eigenvalue weighted by Crippen LogP contribution is -2.27. The standard InChI is InChI=1S/C17H22N2O4S/c1-5-22-15(20)13(16(21)23-6-2)10-18-17(24)19-14-9-11(3)7-8-12(14)4/h7-10H,5-6H2,1-4H3,(H2,18,19,24). The molecule has 0 radical (unpaired) electrons. The van der Waals surface area contributed by atoms with Gasteiger partial charge in [0.2, 0.25) is 0 Å². The van der Waals surface area contributed by atoms with Gasteiger partial charge < -0.3 is 20.1 Å². The number of carbonyl (C=O) groups excluding carboxylic acids is 2. The molecule has 0 aromatic heterocycles. The monoisotopic (exact) mass is 350 g/mol. The average molecular weight is 350 g/mol. The molecule has 0 aliphatic carbocycles. The molecule has 0 fully saturated rings. The van der Waals surface area contributed by atoms with Gasteiger partial charge in [0.1, 0.15) is 0 Å². The van der Waals surface area contributed by atoms with Crippen molar-refractivity contribution in [1.29, 1.82) is 0 Å². The first-order valence-electron chi connectivity index (χ1n) is 7.58. The number of carbonyl (C=O) groups is 2. The van der Waals surface area contributed by atoms with Crippen molar-refractivity contribution in [1.82, 2.24) is 5.32 Å². The topological polar surface area (TPSA) is 76.7 Å². The van der Waals surface area contributed by atoms with Gasteiger partial charge in [-0.1, -0.05) is 12.1 Å². The number of aryl methyl sites for hydroxylation is 2. The summed E-state index contributed by atoms with van der Waals surface area (Å²) < 4.78 is 9.69. The zero-order valence-electron chi connectivity index (χ0n) is 14.3. The lowest BCUT2D eigenvalue weighted by Gasteiger charge is -2.12. The van der Waals surface area contributed by atoms with E-state index in [1.807, 2.05) is 32.0 Å². The van der Waals surface area contributed by atoms with Crippen molar-refractivity contribution in [2.24, 2.45) is 0 Å². The van der Waals surface area contributed by atoms with Crippen LogP contribution < -0.4 is 10.6 Å². The van der Waals surface area contributed by atoms with Gasteiger partial charge in [-0.2, -0.15) is 0 Å². The van der Waals surface area contributed by atoms with Crippen molar-refractivity contribution < 1.29 is 19.1 Å². The molecule has 6 nitrogen and oxygen atoms in total. The molecule has 0 saturated heterocycles. The van der Waals surface area contributed by atoms with E-state index < -0.39 is 11.9 Å². The molecule has 0 atom stereocenters. The van der Waals surface area contributed by atoms with E-state index >= 15 is 0 Å². The third kappa shape index (κ3) is 6.00. The lowest BCUT2D eigenvalue weighted by molar-refractivity contribution is -0.146. The van der Waals surface area contributed by atoms with Crippen LogP contribution >= 0.6 is 12.2 Å². The molecule has 24 heavy (non-hydrogen) atoms. The van der Waals surface area contributed by atoms with Gasteiger partial charge in [0, 0.05) is 11.9 Å². The molecule has 0 amide bonds. The fraction of sp³-hybridized carbons (Fsp3) is 0.353. The number of anilines is 1. The van der Waals surface area contributed by atoms with Gasteiger partial charge >= 0.3 is 11.9 Å². The summed E-state index contributed by atoms with van der Waals surface area (Å²) in [7, 11) is 0. The van der Waals surface area contributed by atoms with Crippen LogP contribution in [-0.4, -0.2) is 30.3 Å². The molecule has 7 heteroatoms. The summed E-state index contributed by atoms with van der Waals surface area (Å²) in [5.74, 6) is -1.53. The number of nitrogens with one attached hydrogen (secondary N) is 2. The van der Waals surface area contributed by atoms with E-state index in [0.717, 1.165) is 16.8 Å². The summed E-state index contributed by atoms with van der Waals surface area (Å²) in [6.07, 6.45) is 1.19. The number of hydrogen-bond donors (Lipinski definition) is 2. The highest BCUT2D eigenvalue weighted by molar-refractivity contribution is 7.80. The van der Waals surface area contributed by atoms with Crippen molar-refractivity contribution in [2.45, 2.75) is 27.7 Å². The molecule has 0 heterocycles. The van der Waals surface area contributed by atoms with E-state index in [2.05, 4.69) is 10.6 Å². The molecule has 1 aromatic carbocycles. The van der Waals surface area contributed by atoms with Crippen LogP contribution in [0, 0.1) is 13.8 Å². The molecule has 0 aliphatic heterocycles. The van der Waals surface area contributed by atoms with E-state index in [-0.39, 0.29) is 23.9 Å². The Balaban J connectivity index is 2.84. The van der Waals surface area contributed by atoms with Crippen LogP contribution in [-0.2, 0) is 19.1 Å². The quantitative estimate of drug-likeness (QED) is 0.268. The van der Waals surface area contributed by atoms with Crippen LogP contribution in [0.5, 0.6) is 0 Å². The van der Waals surface area contributed by atoms with E-state index in [9.17, 15) is 9.59 Å². The molecule has 0 spiro atoms. The predicted molar refractivity (Wildman–Crippen MR) is 96.6 cm³/mol. The Morgan fingerprint density at radius 1 is 1.12 bits per heavy atom. The zero-order chi connectivity index (χ0) is 18.1. The molecule has 1 aromatic rings. The van der Waals surface area contributed by atoms with Gasteiger partial charge in [-0.05, 0) is 57.1 Å². The Hall–Kier alpha value is -2.41. The molecule has 0 aliphatic rings. The van der Waals surface area contributed by atoms with Crippen molar-refractivity contribution in [3.63, 3.8) is 0 Å². The fourth-order valence-electron chi connectivity index (χ4n) is 1.79. The van der Waals surface area contributed by atoms with Gasteiger partial charge in [-0.3, -0.25) is 0 Å². The van der Waals surface area contributed by atoms with E-state index in [1.54, 1.807) is 13.8 Å².